The molecule has 0 saturated heterocycles. The normalized spacial score (nSPS) is 12.0. The molecule has 3 rings (SSSR count). The lowest BCUT2D eigenvalue weighted by atomic mass is 9.97. The zero-order valence-corrected chi connectivity index (χ0v) is 16.4. The van der Waals surface area contributed by atoms with Gasteiger partial charge in [-0.1, -0.05) is 29.8 Å². The summed E-state index contributed by atoms with van der Waals surface area (Å²) in [5, 5.41) is 5.15. The molecule has 140 valence electrons. The number of anilines is 1. The van der Waals surface area contributed by atoms with E-state index in [4.69, 9.17) is 16.3 Å². The molecule has 6 heteroatoms. The Morgan fingerprint density at radius 3 is 2.59 bits per heavy atom. The number of para-hydroxylation sites is 1. The van der Waals surface area contributed by atoms with Crippen molar-refractivity contribution >= 4 is 34.0 Å². The number of carbonyl (C=O) groups excluding carboxylic acids is 1. The summed E-state index contributed by atoms with van der Waals surface area (Å²) in [4.78, 5) is 24.6. The minimum Gasteiger partial charge on any atom is -0.465 e. The monoisotopic (exact) mass is 384 g/mol. The number of fused-ring (bicyclic) bond motifs is 1. The number of rotatable bonds is 4. The summed E-state index contributed by atoms with van der Waals surface area (Å²) in [5.74, 6) is -0.406. The van der Waals surface area contributed by atoms with Crippen molar-refractivity contribution < 1.29 is 9.53 Å². The number of esters is 1. The second-order valence-corrected chi connectivity index (χ2v) is 6.94. The Labute approximate surface area is 162 Å². The number of pyridine rings is 1. The van der Waals surface area contributed by atoms with E-state index in [1.54, 1.807) is 25.2 Å². The van der Waals surface area contributed by atoms with Crippen LogP contribution >= 0.6 is 11.6 Å². The number of carbonyl (C=O) groups is 1. The standard InChI is InChI=1S/C21H21ClN2O3/c1-12-9-15(16-11-19(22)24(3)20(25)17(16)10-12)13(2)23-18-8-6-5-7-14(18)21(26)27-4/h5-11,13,23H,1-4H3. The minimum absolute atomic E-state index is 0.135. The molecular weight excluding hydrogens is 364 g/mol. The van der Waals surface area contributed by atoms with Crippen molar-refractivity contribution in [1.29, 1.82) is 0 Å². The molecule has 1 aromatic heterocycles. The highest BCUT2D eigenvalue weighted by Crippen LogP contribution is 2.29. The average molecular weight is 385 g/mol. The van der Waals surface area contributed by atoms with Gasteiger partial charge in [-0.3, -0.25) is 4.79 Å². The molecular formula is C21H21ClN2O3. The molecule has 0 spiro atoms. The van der Waals surface area contributed by atoms with Crippen LogP contribution in [0.5, 0.6) is 0 Å². The first kappa shape index (κ1) is 19.0. The molecule has 1 heterocycles. The fourth-order valence-electron chi connectivity index (χ4n) is 3.22. The van der Waals surface area contributed by atoms with E-state index in [0.717, 1.165) is 16.5 Å². The van der Waals surface area contributed by atoms with Gasteiger partial charge in [0.15, 0.2) is 0 Å². The number of aryl methyl sites for hydroxylation is 1. The molecule has 1 atom stereocenters. The van der Waals surface area contributed by atoms with Crippen LogP contribution in [0, 0.1) is 6.92 Å². The number of nitrogens with one attached hydrogen (secondary N) is 1. The maximum absolute atomic E-state index is 12.6. The lowest BCUT2D eigenvalue weighted by Gasteiger charge is -2.20. The Balaban J connectivity index is 2.11. The quantitative estimate of drug-likeness (QED) is 0.533. The molecule has 1 unspecified atom stereocenters. The summed E-state index contributed by atoms with van der Waals surface area (Å²) >= 11 is 6.24. The number of benzene rings is 2. The zero-order valence-electron chi connectivity index (χ0n) is 15.7. The Morgan fingerprint density at radius 2 is 1.89 bits per heavy atom. The van der Waals surface area contributed by atoms with Crippen LogP contribution in [0.1, 0.15) is 34.5 Å². The van der Waals surface area contributed by atoms with E-state index < -0.39 is 5.97 Å². The van der Waals surface area contributed by atoms with Gasteiger partial charge < -0.3 is 14.6 Å². The molecule has 3 aromatic rings. The van der Waals surface area contributed by atoms with E-state index in [1.807, 2.05) is 38.1 Å². The maximum Gasteiger partial charge on any atom is 0.339 e. The van der Waals surface area contributed by atoms with Crippen LogP contribution in [0.25, 0.3) is 10.8 Å². The molecule has 0 fully saturated rings. The summed E-state index contributed by atoms with van der Waals surface area (Å²) in [6, 6.07) is 12.7. The van der Waals surface area contributed by atoms with Gasteiger partial charge in [0, 0.05) is 24.2 Å². The fraction of sp³-hybridized carbons (Fsp3) is 0.238. The third-order valence-corrected chi connectivity index (χ3v) is 5.01. The fourth-order valence-corrected chi connectivity index (χ4v) is 3.41. The highest BCUT2D eigenvalue weighted by molar-refractivity contribution is 6.30. The van der Waals surface area contributed by atoms with Crippen LogP contribution in [0.3, 0.4) is 0 Å². The van der Waals surface area contributed by atoms with E-state index in [-0.39, 0.29) is 11.6 Å². The lowest BCUT2D eigenvalue weighted by Crippen LogP contribution is -2.19. The van der Waals surface area contributed by atoms with Gasteiger partial charge in [0.25, 0.3) is 5.56 Å². The van der Waals surface area contributed by atoms with Gasteiger partial charge in [-0.25, -0.2) is 4.79 Å². The van der Waals surface area contributed by atoms with Crippen LogP contribution in [0.2, 0.25) is 5.15 Å². The molecule has 27 heavy (non-hydrogen) atoms. The van der Waals surface area contributed by atoms with Gasteiger partial charge >= 0.3 is 5.97 Å². The molecule has 0 aliphatic rings. The van der Waals surface area contributed by atoms with Crippen molar-refractivity contribution in [2.75, 3.05) is 12.4 Å². The van der Waals surface area contributed by atoms with Gasteiger partial charge in [0.2, 0.25) is 0 Å². The number of ether oxygens (including phenoxy) is 1. The summed E-state index contributed by atoms with van der Waals surface area (Å²) in [6.07, 6.45) is 0. The van der Waals surface area contributed by atoms with Gasteiger partial charge in [0.1, 0.15) is 5.15 Å². The number of hydrogen-bond acceptors (Lipinski definition) is 4. The van der Waals surface area contributed by atoms with Gasteiger partial charge in [0.05, 0.1) is 12.7 Å². The van der Waals surface area contributed by atoms with Crippen molar-refractivity contribution in [3.05, 3.63) is 74.7 Å². The van der Waals surface area contributed by atoms with Crippen molar-refractivity contribution in [3.8, 4) is 0 Å². The Hall–Kier alpha value is -2.79. The van der Waals surface area contributed by atoms with Crippen molar-refractivity contribution in [1.82, 2.24) is 4.57 Å². The molecule has 5 nitrogen and oxygen atoms in total. The van der Waals surface area contributed by atoms with Crippen LogP contribution in [0.15, 0.2) is 47.3 Å². The largest absolute Gasteiger partial charge is 0.465 e. The Kier molecular flexibility index (Phi) is 5.24. The van der Waals surface area contributed by atoms with E-state index in [1.165, 1.54) is 11.7 Å². The summed E-state index contributed by atoms with van der Waals surface area (Å²) < 4.78 is 6.29. The number of methoxy groups -OCH3 is 1. The van der Waals surface area contributed by atoms with E-state index in [0.29, 0.717) is 21.8 Å². The van der Waals surface area contributed by atoms with Crippen molar-refractivity contribution in [2.24, 2.45) is 7.05 Å². The van der Waals surface area contributed by atoms with Crippen LogP contribution in [-0.2, 0) is 11.8 Å². The SMILES string of the molecule is COC(=O)c1ccccc1NC(C)c1cc(C)cc2c(=O)n(C)c(Cl)cc12. The molecule has 0 saturated carbocycles. The van der Waals surface area contributed by atoms with Crippen molar-refractivity contribution in [2.45, 2.75) is 19.9 Å². The molecule has 0 amide bonds. The average Bonchev–Trinajstić information content (AvgIpc) is 2.66. The van der Waals surface area contributed by atoms with Gasteiger partial charge in [-0.15, -0.1) is 0 Å². The van der Waals surface area contributed by atoms with Crippen LogP contribution in [-0.4, -0.2) is 17.6 Å². The first-order chi connectivity index (χ1) is 12.8. The number of hydrogen-bond donors (Lipinski definition) is 1. The molecule has 0 radical (unpaired) electrons. The summed E-state index contributed by atoms with van der Waals surface area (Å²) in [5.41, 5.74) is 2.90. The van der Waals surface area contributed by atoms with E-state index in [2.05, 4.69) is 5.32 Å². The topological polar surface area (TPSA) is 60.3 Å². The highest BCUT2D eigenvalue weighted by Gasteiger charge is 2.17. The molecule has 1 N–H and O–H groups in total. The smallest absolute Gasteiger partial charge is 0.339 e. The minimum atomic E-state index is -0.406. The third kappa shape index (κ3) is 3.55. The van der Waals surface area contributed by atoms with Gasteiger partial charge in [-0.2, -0.15) is 0 Å². The number of halogens is 1. The second-order valence-electron chi connectivity index (χ2n) is 6.55. The molecule has 0 bridgehead atoms. The predicted octanol–water partition coefficient (Wildman–Crippen LogP) is 4.46. The van der Waals surface area contributed by atoms with Gasteiger partial charge in [-0.05, 0) is 54.6 Å². The first-order valence-corrected chi connectivity index (χ1v) is 8.95. The first-order valence-electron chi connectivity index (χ1n) is 8.57. The molecule has 0 aliphatic heterocycles. The highest BCUT2D eigenvalue weighted by atomic mass is 35.5. The zero-order chi connectivity index (χ0) is 19.7. The molecule has 2 aromatic carbocycles. The maximum atomic E-state index is 12.6. The van der Waals surface area contributed by atoms with Crippen LogP contribution < -0.4 is 10.9 Å². The Morgan fingerprint density at radius 1 is 1.19 bits per heavy atom. The Bertz CT molecular complexity index is 1090. The summed E-state index contributed by atoms with van der Waals surface area (Å²) in [7, 11) is 3.01. The lowest BCUT2D eigenvalue weighted by molar-refractivity contribution is 0.0602. The number of nitrogens with zero attached hydrogens (tertiary/aromatic N) is 1. The number of aromatic nitrogens is 1. The second kappa shape index (κ2) is 7.45. The van der Waals surface area contributed by atoms with E-state index in [9.17, 15) is 9.59 Å². The molecule has 0 aliphatic carbocycles. The summed E-state index contributed by atoms with van der Waals surface area (Å²) in [6.45, 7) is 3.93. The predicted molar refractivity (Wildman–Crippen MR) is 109 cm³/mol. The van der Waals surface area contributed by atoms with Crippen molar-refractivity contribution in [3.63, 3.8) is 0 Å². The third-order valence-electron chi connectivity index (χ3n) is 4.65. The van der Waals surface area contributed by atoms with Crippen LogP contribution in [0.4, 0.5) is 5.69 Å². The van der Waals surface area contributed by atoms with E-state index >= 15 is 0 Å².